The SMILES string of the molecule is CC(C)c1nnc(NC(=O)c2cc(Cl)cc(Cl)c2I)s1. The minimum absolute atomic E-state index is 0.277. The highest BCUT2D eigenvalue weighted by molar-refractivity contribution is 14.1. The van der Waals surface area contributed by atoms with Crippen LogP contribution in [0.25, 0.3) is 0 Å². The Kier molecular flexibility index (Phi) is 5.22. The molecule has 1 aromatic heterocycles. The van der Waals surface area contributed by atoms with Crippen molar-refractivity contribution in [3.63, 3.8) is 0 Å². The van der Waals surface area contributed by atoms with Gasteiger partial charge in [0.2, 0.25) is 5.13 Å². The molecule has 0 saturated heterocycles. The first-order valence-electron chi connectivity index (χ1n) is 5.67. The van der Waals surface area contributed by atoms with Crippen molar-refractivity contribution >= 4 is 68.2 Å². The molecule has 0 aliphatic heterocycles. The molecular formula is C12H10Cl2IN3OS. The molecule has 2 rings (SSSR count). The number of aromatic nitrogens is 2. The Hall–Kier alpha value is -0.440. The van der Waals surface area contributed by atoms with Crippen molar-refractivity contribution in [1.82, 2.24) is 10.2 Å². The van der Waals surface area contributed by atoms with E-state index in [4.69, 9.17) is 23.2 Å². The summed E-state index contributed by atoms with van der Waals surface area (Å²) >= 11 is 15.3. The fourth-order valence-electron chi connectivity index (χ4n) is 1.40. The minimum Gasteiger partial charge on any atom is -0.296 e. The van der Waals surface area contributed by atoms with Crippen LogP contribution in [0.4, 0.5) is 5.13 Å². The van der Waals surface area contributed by atoms with E-state index in [1.165, 1.54) is 11.3 Å². The van der Waals surface area contributed by atoms with Gasteiger partial charge in [0.15, 0.2) is 0 Å². The molecule has 20 heavy (non-hydrogen) atoms. The maximum Gasteiger partial charge on any atom is 0.258 e. The Balaban J connectivity index is 2.23. The van der Waals surface area contributed by atoms with Crippen molar-refractivity contribution in [3.05, 3.63) is 36.3 Å². The molecule has 0 aliphatic rings. The lowest BCUT2D eigenvalue weighted by atomic mass is 10.2. The molecule has 0 atom stereocenters. The van der Waals surface area contributed by atoms with E-state index in [0.717, 1.165) is 5.01 Å². The van der Waals surface area contributed by atoms with Crippen LogP contribution in [-0.4, -0.2) is 16.1 Å². The molecule has 1 heterocycles. The van der Waals surface area contributed by atoms with Gasteiger partial charge in [0, 0.05) is 14.5 Å². The largest absolute Gasteiger partial charge is 0.296 e. The van der Waals surface area contributed by atoms with E-state index < -0.39 is 0 Å². The van der Waals surface area contributed by atoms with Gasteiger partial charge >= 0.3 is 0 Å². The zero-order valence-corrected chi connectivity index (χ0v) is 15.1. The van der Waals surface area contributed by atoms with Gasteiger partial charge in [-0.1, -0.05) is 48.4 Å². The second kappa shape index (κ2) is 6.55. The van der Waals surface area contributed by atoms with E-state index in [1.54, 1.807) is 12.1 Å². The standard InChI is InChI=1S/C12H10Cl2IN3OS/c1-5(2)11-17-18-12(20-11)16-10(19)7-3-6(13)4-8(14)9(7)15/h3-5H,1-2H3,(H,16,18,19). The van der Waals surface area contributed by atoms with Crippen LogP contribution >= 0.6 is 57.1 Å². The van der Waals surface area contributed by atoms with Gasteiger partial charge in [-0.25, -0.2) is 0 Å². The molecule has 0 spiro atoms. The molecule has 1 aromatic carbocycles. The number of rotatable bonds is 3. The van der Waals surface area contributed by atoms with Gasteiger partial charge in [0.05, 0.1) is 10.6 Å². The van der Waals surface area contributed by atoms with Gasteiger partial charge in [-0.05, 0) is 34.7 Å². The number of hydrogen-bond acceptors (Lipinski definition) is 4. The van der Waals surface area contributed by atoms with Crippen LogP contribution in [0, 0.1) is 3.57 Å². The normalized spacial score (nSPS) is 10.9. The van der Waals surface area contributed by atoms with Gasteiger partial charge in [-0.2, -0.15) is 0 Å². The Morgan fingerprint density at radius 2 is 2.05 bits per heavy atom. The smallest absolute Gasteiger partial charge is 0.258 e. The molecular weight excluding hydrogens is 432 g/mol. The van der Waals surface area contributed by atoms with Crippen LogP contribution in [0.15, 0.2) is 12.1 Å². The molecule has 0 fully saturated rings. The monoisotopic (exact) mass is 441 g/mol. The molecule has 0 aliphatic carbocycles. The predicted molar refractivity (Wildman–Crippen MR) is 91.1 cm³/mol. The maximum absolute atomic E-state index is 12.2. The summed E-state index contributed by atoms with van der Waals surface area (Å²) in [6.45, 7) is 4.04. The van der Waals surface area contributed by atoms with Crippen LogP contribution in [0.2, 0.25) is 10.0 Å². The Bertz CT molecular complexity index is 660. The highest BCUT2D eigenvalue weighted by Crippen LogP contribution is 2.28. The summed E-state index contributed by atoms with van der Waals surface area (Å²) in [5, 5.41) is 12.9. The lowest BCUT2D eigenvalue weighted by Crippen LogP contribution is -2.13. The van der Waals surface area contributed by atoms with Gasteiger partial charge in [0.25, 0.3) is 5.91 Å². The van der Waals surface area contributed by atoms with E-state index in [2.05, 4.69) is 15.5 Å². The lowest BCUT2D eigenvalue weighted by molar-refractivity contribution is 0.102. The zero-order valence-electron chi connectivity index (χ0n) is 10.6. The number of carbonyl (C=O) groups is 1. The van der Waals surface area contributed by atoms with E-state index in [1.807, 2.05) is 36.4 Å². The summed E-state index contributed by atoms with van der Waals surface area (Å²) < 4.78 is 0.653. The molecule has 1 amide bonds. The van der Waals surface area contributed by atoms with E-state index in [-0.39, 0.29) is 11.8 Å². The molecule has 1 N–H and O–H groups in total. The molecule has 0 unspecified atom stereocenters. The third-order valence-electron chi connectivity index (χ3n) is 2.39. The summed E-state index contributed by atoms with van der Waals surface area (Å²) in [5.74, 6) is -0.0239. The highest BCUT2D eigenvalue weighted by atomic mass is 127. The number of carbonyl (C=O) groups excluding carboxylic acids is 1. The lowest BCUT2D eigenvalue weighted by Gasteiger charge is -2.06. The summed E-state index contributed by atoms with van der Waals surface area (Å²) in [6, 6.07) is 3.18. The number of nitrogens with one attached hydrogen (secondary N) is 1. The number of benzene rings is 1. The van der Waals surface area contributed by atoms with Crippen LogP contribution in [0.1, 0.15) is 35.1 Å². The zero-order chi connectivity index (χ0) is 14.9. The van der Waals surface area contributed by atoms with Crippen molar-refractivity contribution < 1.29 is 4.79 Å². The molecule has 0 radical (unpaired) electrons. The first-order valence-corrected chi connectivity index (χ1v) is 8.33. The van der Waals surface area contributed by atoms with Gasteiger partial charge in [0.1, 0.15) is 5.01 Å². The number of hydrogen-bond donors (Lipinski definition) is 1. The van der Waals surface area contributed by atoms with Crippen molar-refractivity contribution in [2.75, 3.05) is 5.32 Å². The Morgan fingerprint density at radius 1 is 1.35 bits per heavy atom. The van der Waals surface area contributed by atoms with E-state index >= 15 is 0 Å². The molecule has 4 nitrogen and oxygen atoms in total. The van der Waals surface area contributed by atoms with Gasteiger partial charge in [-0.15, -0.1) is 10.2 Å². The third-order valence-corrected chi connectivity index (χ3v) is 5.53. The molecule has 8 heteroatoms. The average Bonchev–Trinajstić information content (AvgIpc) is 2.82. The first kappa shape index (κ1) is 15.9. The van der Waals surface area contributed by atoms with Crippen LogP contribution in [0.5, 0.6) is 0 Å². The van der Waals surface area contributed by atoms with E-state index in [0.29, 0.717) is 24.3 Å². The van der Waals surface area contributed by atoms with Crippen LogP contribution in [0.3, 0.4) is 0 Å². The fraction of sp³-hybridized carbons (Fsp3) is 0.250. The Morgan fingerprint density at radius 3 is 2.65 bits per heavy atom. The number of anilines is 1. The van der Waals surface area contributed by atoms with E-state index in [9.17, 15) is 4.79 Å². The Labute approximate surface area is 144 Å². The summed E-state index contributed by atoms with van der Waals surface area (Å²) in [7, 11) is 0. The van der Waals surface area contributed by atoms with Crippen LogP contribution in [-0.2, 0) is 0 Å². The van der Waals surface area contributed by atoms with Crippen molar-refractivity contribution in [3.8, 4) is 0 Å². The number of nitrogens with zero attached hydrogens (tertiary/aromatic N) is 2. The average molecular weight is 442 g/mol. The fourth-order valence-corrected chi connectivity index (χ4v) is 3.19. The molecule has 106 valence electrons. The summed E-state index contributed by atoms with van der Waals surface area (Å²) in [6.07, 6.45) is 0. The number of amides is 1. The molecule has 0 saturated carbocycles. The summed E-state index contributed by atoms with van der Waals surface area (Å²) in [5.41, 5.74) is 0.421. The quantitative estimate of drug-likeness (QED) is 0.548. The number of halogens is 3. The minimum atomic E-state index is -0.301. The molecule has 0 bridgehead atoms. The second-order valence-electron chi connectivity index (χ2n) is 4.30. The van der Waals surface area contributed by atoms with Crippen molar-refractivity contribution in [2.45, 2.75) is 19.8 Å². The first-order chi connectivity index (χ1) is 9.38. The van der Waals surface area contributed by atoms with Crippen molar-refractivity contribution in [2.24, 2.45) is 0 Å². The summed E-state index contributed by atoms with van der Waals surface area (Å²) in [4.78, 5) is 12.2. The highest BCUT2D eigenvalue weighted by Gasteiger charge is 2.16. The predicted octanol–water partition coefficient (Wildman–Crippen LogP) is 4.83. The van der Waals surface area contributed by atoms with Crippen molar-refractivity contribution in [1.29, 1.82) is 0 Å². The third kappa shape index (κ3) is 3.60. The van der Waals surface area contributed by atoms with Gasteiger partial charge in [-0.3, -0.25) is 10.1 Å². The topological polar surface area (TPSA) is 54.9 Å². The maximum atomic E-state index is 12.2. The van der Waals surface area contributed by atoms with Crippen LogP contribution < -0.4 is 5.32 Å². The van der Waals surface area contributed by atoms with Gasteiger partial charge < -0.3 is 0 Å². The second-order valence-corrected chi connectivity index (χ2v) is 7.23. The molecule has 2 aromatic rings.